The number of amides is 1. The zero-order chi connectivity index (χ0) is 14.2. The monoisotopic (exact) mass is 281 g/mol. The van der Waals surface area contributed by atoms with Crippen molar-refractivity contribution in [2.24, 2.45) is 5.73 Å². The lowest BCUT2D eigenvalue weighted by molar-refractivity contribution is -0.122. The number of nitrogens with zero attached hydrogens (tertiary/aromatic N) is 1. The maximum absolute atomic E-state index is 11.5. The lowest BCUT2D eigenvalue weighted by Gasteiger charge is -2.14. The smallest absolute Gasteiger partial charge is 0.236 e. The summed E-state index contributed by atoms with van der Waals surface area (Å²) in [5.74, 6) is -0.462. The van der Waals surface area contributed by atoms with Crippen LogP contribution in [-0.2, 0) is 19.6 Å². The second kappa shape index (κ2) is 8.41. The SMILES string of the molecule is COCCCC(N)C(=O)NCCS(=O)(=O)N(C)C. The van der Waals surface area contributed by atoms with E-state index in [4.69, 9.17) is 10.5 Å². The zero-order valence-electron chi connectivity index (χ0n) is 11.2. The molecule has 0 saturated carbocycles. The molecule has 0 aliphatic carbocycles. The minimum absolute atomic E-state index is 0.0668. The molecule has 7 nitrogen and oxygen atoms in total. The van der Waals surface area contributed by atoms with Crippen molar-refractivity contribution in [1.29, 1.82) is 0 Å². The number of carbonyl (C=O) groups is 1. The Kier molecular flexibility index (Phi) is 8.08. The van der Waals surface area contributed by atoms with Gasteiger partial charge >= 0.3 is 0 Å². The molecule has 0 aromatic carbocycles. The van der Waals surface area contributed by atoms with Crippen molar-refractivity contribution in [3.63, 3.8) is 0 Å². The van der Waals surface area contributed by atoms with Crippen molar-refractivity contribution in [2.45, 2.75) is 18.9 Å². The van der Waals surface area contributed by atoms with Gasteiger partial charge in [-0.05, 0) is 12.8 Å². The van der Waals surface area contributed by atoms with Crippen LogP contribution in [0.25, 0.3) is 0 Å². The van der Waals surface area contributed by atoms with Crippen molar-refractivity contribution in [2.75, 3.05) is 40.1 Å². The maximum atomic E-state index is 11.5. The highest BCUT2D eigenvalue weighted by Crippen LogP contribution is 1.96. The molecule has 0 aliphatic rings. The first kappa shape index (κ1) is 17.3. The Morgan fingerprint density at radius 3 is 2.56 bits per heavy atom. The molecule has 0 aromatic rings. The molecule has 108 valence electrons. The second-order valence-corrected chi connectivity index (χ2v) is 6.43. The van der Waals surface area contributed by atoms with Gasteiger partial charge in [-0.1, -0.05) is 0 Å². The van der Waals surface area contributed by atoms with Crippen LogP contribution in [0.15, 0.2) is 0 Å². The van der Waals surface area contributed by atoms with Gasteiger partial charge in [0, 0.05) is 34.4 Å². The van der Waals surface area contributed by atoms with Gasteiger partial charge in [0.05, 0.1) is 11.8 Å². The molecular weight excluding hydrogens is 258 g/mol. The van der Waals surface area contributed by atoms with Gasteiger partial charge in [0.25, 0.3) is 0 Å². The average molecular weight is 281 g/mol. The third-order valence-electron chi connectivity index (χ3n) is 2.42. The number of carbonyl (C=O) groups excluding carboxylic acids is 1. The number of hydrogen-bond donors (Lipinski definition) is 2. The van der Waals surface area contributed by atoms with Crippen LogP contribution in [0.1, 0.15) is 12.8 Å². The number of sulfonamides is 1. The molecule has 0 spiro atoms. The molecule has 0 aliphatic heterocycles. The lowest BCUT2D eigenvalue weighted by Crippen LogP contribution is -2.43. The van der Waals surface area contributed by atoms with Gasteiger partial charge < -0.3 is 15.8 Å². The largest absolute Gasteiger partial charge is 0.385 e. The molecule has 1 atom stereocenters. The second-order valence-electron chi connectivity index (χ2n) is 4.13. The fourth-order valence-corrected chi connectivity index (χ4v) is 1.92. The van der Waals surface area contributed by atoms with Crippen molar-refractivity contribution in [3.8, 4) is 0 Å². The van der Waals surface area contributed by atoms with E-state index in [0.717, 1.165) is 4.31 Å². The quantitative estimate of drug-likeness (QED) is 0.514. The van der Waals surface area contributed by atoms with E-state index < -0.39 is 16.1 Å². The highest BCUT2D eigenvalue weighted by atomic mass is 32.2. The van der Waals surface area contributed by atoms with Crippen molar-refractivity contribution < 1.29 is 17.9 Å². The van der Waals surface area contributed by atoms with Gasteiger partial charge in [0.1, 0.15) is 0 Å². The van der Waals surface area contributed by atoms with E-state index in [1.54, 1.807) is 7.11 Å². The Hall–Kier alpha value is -0.700. The van der Waals surface area contributed by atoms with Crippen molar-refractivity contribution in [3.05, 3.63) is 0 Å². The summed E-state index contributed by atoms with van der Waals surface area (Å²) in [7, 11) is 1.20. The predicted molar refractivity (Wildman–Crippen MR) is 69.6 cm³/mol. The Morgan fingerprint density at radius 2 is 2.06 bits per heavy atom. The minimum atomic E-state index is -3.28. The molecular formula is C10H23N3O4S. The van der Waals surface area contributed by atoms with Crippen LogP contribution >= 0.6 is 0 Å². The van der Waals surface area contributed by atoms with E-state index >= 15 is 0 Å². The third-order valence-corrected chi connectivity index (χ3v) is 4.25. The van der Waals surface area contributed by atoms with E-state index in [0.29, 0.717) is 19.4 Å². The summed E-state index contributed by atoms with van der Waals surface area (Å²) in [6.07, 6.45) is 1.21. The number of ether oxygens (including phenoxy) is 1. The first-order valence-corrected chi connectivity index (χ1v) is 7.34. The van der Waals surface area contributed by atoms with E-state index in [1.807, 2.05) is 0 Å². The van der Waals surface area contributed by atoms with E-state index in [9.17, 15) is 13.2 Å². The zero-order valence-corrected chi connectivity index (χ0v) is 12.0. The predicted octanol–water partition coefficient (Wildman–Crippen LogP) is -1.25. The third kappa shape index (κ3) is 6.90. The molecule has 0 aromatic heterocycles. The summed E-state index contributed by atoms with van der Waals surface area (Å²) in [6, 6.07) is -0.623. The van der Waals surface area contributed by atoms with E-state index in [-0.39, 0.29) is 18.2 Å². The number of rotatable bonds is 9. The van der Waals surface area contributed by atoms with Crippen LogP contribution < -0.4 is 11.1 Å². The van der Waals surface area contributed by atoms with Gasteiger partial charge in [-0.15, -0.1) is 0 Å². The summed E-state index contributed by atoms with van der Waals surface area (Å²) >= 11 is 0. The molecule has 8 heteroatoms. The summed E-state index contributed by atoms with van der Waals surface area (Å²) in [6.45, 7) is 0.618. The molecule has 0 heterocycles. The van der Waals surface area contributed by atoms with E-state index in [2.05, 4.69) is 5.32 Å². The molecule has 0 fully saturated rings. The maximum Gasteiger partial charge on any atom is 0.236 e. The Morgan fingerprint density at radius 1 is 1.44 bits per heavy atom. The van der Waals surface area contributed by atoms with Gasteiger partial charge in [-0.25, -0.2) is 12.7 Å². The van der Waals surface area contributed by atoms with Crippen LogP contribution in [0, 0.1) is 0 Å². The molecule has 3 N–H and O–H groups in total. The lowest BCUT2D eigenvalue weighted by atomic mass is 10.1. The van der Waals surface area contributed by atoms with Crippen LogP contribution in [0.2, 0.25) is 0 Å². The van der Waals surface area contributed by atoms with Crippen molar-refractivity contribution >= 4 is 15.9 Å². The average Bonchev–Trinajstić information content (AvgIpc) is 2.28. The fraction of sp³-hybridized carbons (Fsp3) is 0.900. The van der Waals surface area contributed by atoms with Gasteiger partial charge in [0.2, 0.25) is 15.9 Å². The molecule has 0 radical (unpaired) electrons. The van der Waals surface area contributed by atoms with Crippen LogP contribution in [0.3, 0.4) is 0 Å². The summed E-state index contributed by atoms with van der Waals surface area (Å²) in [5.41, 5.74) is 5.64. The highest BCUT2D eigenvalue weighted by molar-refractivity contribution is 7.89. The minimum Gasteiger partial charge on any atom is -0.385 e. The first-order chi connectivity index (χ1) is 8.31. The molecule has 0 bridgehead atoms. The Bertz CT molecular complexity index is 343. The van der Waals surface area contributed by atoms with Crippen LogP contribution in [-0.4, -0.2) is 64.8 Å². The molecule has 1 amide bonds. The van der Waals surface area contributed by atoms with Crippen LogP contribution in [0.5, 0.6) is 0 Å². The highest BCUT2D eigenvalue weighted by Gasteiger charge is 2.16. The Balaban J connectivity index is 3.90. The summed E-state index contributed by atoms with van der Waals surface area (Å²) in [5, 5.41) is 2.51. The molecule has 0 rings (SSSR count). The standard InChI is InChI=1S/C10H23N3O4S/c1-13(2)18(15,16)8-6-12-10(14)9(11)5-4-7-17-3/h9H,4-8,11H2,1-3H3,(H,12,14). The number of methoxy groups -OCH3 is 1. The number of nitrogens with two attached hydrogens (primary N) is 1. The van der Waals surface area contributed by atoms with Gasteiger partial charge in [-0.2, -0.15) is 0 Å². The number of hydrogen-bond acceptors (Lipinski definition) is 5. The normalized spacial score (nSPS) is 13.6. The number of nitrogens with one attached hydrogen (secondary N) is 1. The van der Waals surface area contributed by atoms with Gasteiger partial charge in [0.15, 0.2) is 0 Å². The topological polar surface area (TPSA) is 102 Å². The summed E-state index contributed by atoms with van der Waals surface area (Å²) < 4.78 is 28.8. The molecule has 0 saturated heterocycles. The van der Waals surface area contributed by atoms with Gasteiger partial charge in [-0.3, -0.25) is 4.79 Å². The van der Waals surface area contributed by atoms with E-state index in [1.165, 1.54) is 14.1 Å². The fourth-order valence-electron chi connectivity index (χ4n) is 1.20. The summed E-state index contributed by atoms with van der Waals surface area (Å²) in [4.78, 5) is 11.5. The molecule has 1 unspecified atom stereocenters. The Labute approximate surface area is 109 Å². The first-order valence-electron chi connectivity index (χ1n) is 5.73. The van der Waals surface area contributed by atoms with Crippen molar-refractivity contribution in [1.82, 2.24) is 9.62 Å². The molecule has 18 heavy (non-hydrogen) atoms. The van der Waals surface area contributed by atoms with Crippen LogP contribution in [0.4, 0.5) is 0 Å².